The van der Waals surface area contributed by atoms with Gasteiger partial charge in [0.1, 0.15) is 0 Å². The molecule has 2 aliphatic rings. The maximum absolute atomic E-state index is 5.51. The molecule has 2 heterocycles. The first-order valence-corrected chi connectivity index (χ1v) is 9.39. The minimum atomic E-state index is 0.242. The summed E-state index contributed by atoms with van der Waals surface area (Å²) in [7, 11) is 1.82. The molecule has 0 bridgehead atoms. The number of thioether (sulfide) groups is 1. The summed E-state index contributed by atoms with van der Waals surface area (Å²) >= 11 is 2.06. The molecule has 1 atom stereocenters. The SMILES string of the molecule is CCOCCNC(=NC)NCC1(N2CCOCC2)CCSC1. The van der Waals surface area contributed by atoms with Gasteiger partial charge in [0.05, 0.1) is 19.8 Å². The van der Waals surface area contributed by atoms with Crippen molar-refractivity contribution >= 4 is 17.7 Å². The number of hydrogen-bond acceptors (Lipinski definition) is 5. The molecule has 0 saturated carbocycles. The van der Waals surface area contributed by atoms with Gasteiger partial charge in [-0.15, -0.1) is 0 Å². The van der Waals surface area contributed by atoms with Gasteiger partial charge >= 0.3 is 0 Å². The summed E-state index contributed by atoms with van der Waals surface area (Å²) in [6.07, 6.45) is 1.24. The van der Waals surface area contributed by atoms with E-state index in [1.54, 1.807) is 0 Å². The topological polar surface area (TPSA) is 58.1 Å². The molecule has 2 saturated heterocycles. The number of morpholine rings is 1. The van der Waals surface area contributed by atoms with E-state index in [0.717, 1.165) is 52.0 Å². The zero-order valence-corrected chi connectivity index (χ0v) is 14.7. The van der Waals surface area contributed by atoms with Crippen LogP contribution in [0.2, 0.25) is 0 Å². The van der Waals surface area contributed by atoms with Crippen LogP contribution in [0.15, 0.2) is 4.99 Å². The lowest BCUT2D eigenvalue weighted by molar-refractivity contribution is -0.0120. The highest BCUT2D eigenvalue weighted by Gasteiger charge is 2.40. The van der Waals surface area contributed by atoms with Gasteiger partial charge < -0.3 is 20.1 Å². The minimum Gasteiger partial charge on any atom is -0.380 e. The lowest BCUT2D eigenvalue weighted by Crippen LogP contribution is -2.60. The molecule has 7 heteroatoms. The van der Waals surface area contributed by atoms with E-state index in [1.807, 2.05) is 14.0 Å². The predicted octanol–water partition coefficient (Wildman–Crippen LogP) is 0.396. The van der Waals surface area contributed by atoms with Crippen LogP contribution in [0.25, 0.3) is 0 Å². The second-order valence-electron chi connectivity index (χ2n) is 5.68. The van der Waals surface area contributed by atoms with Crippen LogP contribution in [0.3, 0.4) is 0 Å². The summed E-state index contributed by atoms with van der Waals surface area (Å²) in [6, 6.07) is 0. The zero-order chi connectivity index (χ0) is 15.7. The Bertz CT molecular complexity index is 342. The van der Waals surface area contributed by atoms with Crippen molar-refractivity contribution in [2.45, 2.75) is 18.9 Å². The lowest BCUT2D eigenvalue weighted by Gasteiger charge is -2.43. The quantitative estimate of drug-likeness (QED) is 0.400. The van der Waals surface area contributed by atoms with Gasteiger partial charge in [0, 0.05) is 51.1 Å². The van der Waals surface area contributed by atoms with Crippen LogP contribution < -0.4 is 10.6 Å². The number of hydrogen-bond donors (Lipinski definition) is 2. The van der Waals surface area contributed by atoms with Crippen molar-refractivity contribution in [2.24, 2.45) is 4.99 Å². The highest BCUT2D eigenvalue weighted by molar-refractivity contribution is 7.99. The maximum Gasteiger partial charge on any atom is 0.191 e. The first-order chi connectivity index (χ1) is 10.8. The summed E-state index contributed by atoms with van der Waals surface area (Å²) < 4.78 is 10.9. The highest BCUT2D eigenvalue weighted by atomic mass is 32.2. The normalized spacial score (nSPS) is 27.1. The second kappa shape index (κ2) is 9.60. The lowest BCUT2D eigenvalue weighted by atomic mass is 9.95. The van der Waals surface area contributed by atoms with Crippen LogP contribution in [-0.4, -0.2) is 87.6 Å². The first-order valence-electron chi connectivity index (χ1n) is 8.23. The van der Waals surface area contributed by atoms with E-state index in [2.05, 4.69) is 32.3 Å². The molecular formula is C15H30N4O2S. The molecule has 2 fully saturated rings. The molecule has 2 aliphatic heterocycles. The Labute approximate surface area is 138 Å². The van der Waals surface area contributed by atoms with Crippen molar-refractivity contribution in [3.63, 3.8) is 0 Å². The fourth-order valence-electron chi connectivity index (χ4n) is 2.99. The molecule has 128 valence electrons. The summed E-state index contributed by atoms with van der Waals surface area (Å²) in [5.74, 6) is 3.30. The summed E-state index contributed by atoms with van der Waals surface area (Å²) in [4.78, 5) is 6.92. The fraction of sp³-hybridized carbons (Fsp3) is 0.933. The third-order valence-electron chi connectivity index (χ3n) is 4.32. The molecule has 0 radical (unpaired) electrons. The Balaban J connectivity index is 1.82. The van der Waals surface area contributed by atoms with E-state index in [4.69, 9.17) is 9.47 Å². The van der Waals surface area contributed by atoms with Gasteiger partial charge in [-0.25, -0.2) is 0 Å². The van der Waals surface area contributed by atoms with E-state index in [9.17, 15) is 0 Å². The Hall–Kier alpha value is -0.500. The predicted molar refractivity (Wildman–Crippen MR) is 92.9 cm³/mol. The van der Waals surface area contributed by atoms with Crippen molar-refractivity contribution in [1.82, 2.24) is 15.5 Å². The summed E-state index contributed by atoms with van der Waals surface area (Å²) in [5, 5.41) is 6.83. The van der Waals surface area contributed by atoms with Crippen molar-refractivity contribution in [1.29, 1.82) is 0 Å². The Kier molecular flexibility index (Phi) is 7.79. The fourth-order valence-corrected chi connectivity index (χ4v) is 4.47. The zero-order valence-electron chi connectivity index (χ0n) is 13.9. The van der Waals surface area contributed by atoms with Gasteiger partial charge in [-0.1, -0.05) is 0 Å². The number of ether oxygens (including phenoxy) is 2. The largest absolute Gasteiger partial charge is 0.380 e. The van der Waals surface area contributed by atoms with Gasteiger partial charge in [0.25, 0.3) is 0 Å². The monoisotopic (exact) mass is 330 g/mol. The van der Waals surface area contributed by atoms with Crippen LogP contribution in [-0.2, 0) is 9.47 Å². The molecule has 0 aliphatic carbocycles. The van der Waals surface area contributed by atoms with Crippen LogP contribution in [0.1, 0.15) is 13.3 Å². The van der Waals surface area contributed by atoms with Gasteiger partial charge in [0.15, 0.2) is 5.96 Å². The van der Waals surface area contributed by atoms with Crippen LogP contribution in [0.4, 0.5) is 0 Å². The van der Waals surface area contributed by atoms with E-state index < -0.39 is 0 Å². The third kappa shape index (κ3) is 5.01. The van der Waals surface area contributed by atoms with E-state index in [1.165, 1.54) is 17.9 Å². The van der Waals surface area contributed by atoms with Gasteiger partial charge in [-0.2, -0.15) is 11.8 Å². The molecule has 2 N–H and O–H groups in total. The van der Waals surface area contributed by atoms with Crippen molar-refractivity contribution in [2.75, 3.05) is 71.2 Å². The molecular weight excluding hydrogens is 300 g/mol. The molecule has 6 nitrogen and oxygen atoms in total. The van der Waals surface area contributed by atoms with E-state index in [0.29, 0.717) is 6.61 Å². The molecule has 2 rings (SSSR count). The Morgan fingerprint density at radius 2 is 2.18 bits per heavy atom. The molecule has 0 aromatic carbocycles. The Morgan fingerprint density at radius 3 is 2.82 bits per heavy atom. The molecule has 0 aromatic heterocycles. The standard InChI is InChI=1S/C15H30N4O2S/c1-3-20-8-5-17-14(16-2)18-12-15(4-11-22-13-15)19-6-9-21-10-7-19/h3-13H2,1-2H3,(H2,16,17,18). The molecule has 0 amide bonds. The third-order valence-corrected chi connectivity index (χ3v) is 5.55. The average molecular weight is 330 g/mol. The average Bonchev–Trinajstić information content (AvgIpc) is 3.05. The van der Waals surface area contributed by atoms with Gasteiger partial charge in [0.2, 0.25) is 0 Å². The number of guanidine groups is 1. The smallest absolute Gasteiger partial charge is 0.191 e. The molecule has 22 heavy (non-hydrogen) atoms. The summed E-state index contributed by atoms with van der Waals surface area (Å²) in [6.45, 7) is 8.99. The molecule has 0 aromatic rings. The number of aliphatic imine (C=N–C) groups is 1. The van der Waals surface area contributed by atoms with E-state index in [-0.39, 0.29) is 5.54 Å². The van der Waals surface area contributed by atoms with Crippen LogP contribution in [0, 0.1) is 0 Å². The Morgan fingerprint density at radius 1 is 1.36 bits per heavy atom. The minimum absolute atomic E-state index is 0.242. The van der Waals surface area contributed by atoms with Gasteiger partial charge in [-0.05, 0) is 19.1 Å². The molecule has 0 spiro atoms. The first kappa shape index (κ1) is 17.8. The second-order valence-corrected chi connectivity index (χ2v) is 6.78. The van der Waals surface area contributed by atoms with E-state index >= 15 is 0 Å². The molecule has 1 unspecified atom stereocenters. The van der Waals surface area contributed by atoms with Crippen molar-refractivity contribution in [3.05, 3.63) is 0 Å². The summed E-state index contributed by atoms with van der Waals surface area (Å²) in [5.41, 5.74) is 0.242. The van der Waals surface area contributed by atoms with Crippen molar-refractivity contribution in [3.8, 4) is 0 Å². The number of nitrogens with zero attached hydrogens (tertiary/aromatic N) is 2. The number of rotatable bonds is 7. The number of nitrogens with one attached hydrogen (secondary N) is 2. The van der Waals surface area contributed by atoms with Gasteiger partial charge in [-0.3, -0.25) is 9.89 Å². The van der Waals surface area contributed by atoms with Crippen molar-refractivity contribution < 1.29 is 9.47 Å². The van der Waals surface area contributed by atoms with Crippen LogP contribution in [0.5, 0.6) is 0 Å². The highest BCUT2D eigenvalue weighted by Crippen LogP contribution is 2.33. The maximum atomic E-state index is 5.51. The van der Waals surface area contributed by atoms with Crippen LogP contribution >= 0.6 is 11.8 Å².